The van der Waals surface area contributed by atoms with Crippen molar-refractivity contribution >= 4 is 5.91 Å². The monoisotopic (exact) mass is 263 g/mol. The topological polar surface area (TPSA) is 63.1 Å². The second-order valence-corrected chi connectivity index (χ2v) is 5.88. The van der Waals surface area contributed by atoms with E-state index in [0.29, 0.717) is 11.5 Å². The molecule has 0 saturated carbocycles. The summed E-state index contributed by atoms with van der Waals surface area (Å²) in [6, 6.07) is 0.334. The van der Waals surface area contributed by atoms with Gasteiger partial charge >= 0.3 is 0 Å². The number of hydrogen-bond donors (Lipinski definition) is 1. The largest absolute Gasteiger partial charge is 0.338 e. The quantitative estimate of drug-likeness (QED) is 0.832. The highest BCUT2D eigenvalue weighted by Crippen LogP contribution is 2.41. The highest BCUT2D eigenvalue weighted by Gasteiger charge is 2.44. The fourth-order valence-corrected chi connectivity index (χ4v) is 3.51. The lowest BCUT2D eigenvalue weighted by Crippen LogP contribution is -2.41. The van der Waals surface area contributed by atoms with Gasteiger partial charge in [0.1, 0.15) is 6.54 Å². The molecule has 0 aromatic carbocycles. The minimum absolute atomic E-state index is 0.138. The molecule has 3 rings (SSSR count). The summed E-state index contributed by atoms with van der Waals surface area (Å²) in [5.74, 6) is 0.138. The van der Waals surface area contributed by atoms with E-state index in [9.17, 15) is 4.79 Å². The Kier molecular flexibility index (Phi) is 3.26. The zero-order valence-corrected chi connectivity index (χ0v) is 11.4. The van der Waals surface area contributed by atoms with Crippen molar-refractivity contribution < 1.29 is 4.79 Å². The molecule has 2 saturated heterocycles. The van der Waals surface area contributed by atoms with E-state index < -0.39 is 0 Å². The molecule has 2 aliphatic heterocycles. The van der Waals surface area contributed by atoms with Crippen molar-refractivity contribution in [2.75, 3.05) is 19.6 Å². The summed E-state index contributed by atoms with van der Waals surface area (Å²) in [6.07, 6.45) is 6.71. The molecule has 104 valence electrons. The smallest absolute Gasteiger partial charge is 0.246 e. The molecule has 3 heterocycles. The van der Waals surface area contributed by atoms with Crippen molar-refractivity contribution in [3.8, 4) is 0 Å². The summed E-state index contributed by atoms with van der Waals surface area (Å²) in [5.41, 5.74) is 0.345. The van der Waals surface area contributed by atoms with Gasteiger partial charge in [-0.25, -0.2) is 0 Å². The van der Waals surface area contributed by atoms with Crippen LogP contribution in [0.4, 0.5) is 0 Å². The summed E-state index contributed by atoms with van der Waals surface area (Å²) < 4.78 is 0. The van der Waals surface area contributed by atoms with Crippen molar-refractivity contribution in [3.05, 3.63) is 12.4 Å². The Balaban J connectivity index is 1.66. The Labute approximate surface area is 113 Å². The van der Waals surface area contributed by atoms with Gasteiger partial charge in [0, 0.05) is 12.6 Å². The molecule has 0 bridgehead atoms. The zero-order chi connectivity index (χ0) is 13.3. The lowest BCUT2D eigenvalue weighted by atomic mass is 9.77. The van der Waals surface area contributed by atoms with Crippen LogP contribution in [0.15, 0.2) is 12.4 Å². The van der Waals surface area contributed by atoms with Gasteiger partial charge in [-0.05, 0) is 44.7 Å². The molecular weight excluding hydrogens is 242 g/mol. The molecule has 1 aromatic rings. The first-order valence-electron chi connectivity index (χ1n) is 7.03. The number of likely N-dealkylation sites (tertiary alicyclic amines) is 1. The molecule has 2 aliphatic rings. The normalized spacial score (nSPS) is 25.9. The van der Waals surface area contributed by atoms with E-state index in [2.05, 4.69) is 22.4 Å². The number of carbonyl (C=O) groups excluding carboxylic acids is 1. The van der Waals surface area contributed by atoms with Gasteiger partial charge in [-0.2, -0.15) is 15.0 Å². The molecule has 1 amide bonds. The van der Waals surface area contributed by atoms with Gasteiger partial charge in [-0.1, -0.05) is 0 Å². The number of carbonyl (C=O) groups is 1. The SMILES string of the molecule is CC1CC2(CCNCC2)CN1C(=O)Cn1nccn1. The van der Waals surface area contributed by atoms with E-state index in [0.717, 1.165) is 26.1 Å². The van der Waals surface area contributed by atoms with Gasteiger partial charge in [0.2, 0.25) is 5.91 Å². The third-order valence-corrected chi connectivity index (χ3v) is 4.49. The number of amides is 1. The molecule has 1 spiro atoms. The lowest BCUT2D eigenvalue weighted by Gasteiger charge is -2.33. The molecule has 1 atom stereocenters. The number of rotatable bonds is 2. The number of nitrogens with one attached hydrogen (secondary N) is 1. The second kappa shape index (κ2) is 4.92. The van der Waals surface area contributed by atoms with Crippen LogP contribution < -0.4 is 5.32 Å². The fraction of sp³-hybridized carbons (Fsp3) is 0.769. The van der Waals surface area contributed by atoms with E-state index in [4.69, 9.17) is 0 Å². The molecule has 1 aromatic heterocycles. The highest BCUT2D eigenvalue weighted by atomic mass is 16.2. The number of aromatic nitrogens is 3. The predicted octanol–water partition coefficient (Wildman–Crippen LogP) is 0.269. The van der Waals surface area contributed by atoms with E-state index in [1.165, 1.54) is 17.6 Å². The highest BCUT2D eigenvalue weighted by molar-refractivity contribution is 5.76. The lowest BCUT2D eigenvalue weighted by molar-refractivity contribution is -0.133. The zero-order valence-electron chi connectivity index (χ0n) is 11.4. The molecule has 1 unspecified atom stereocenters. The Hall–Kier alpha value is -1.43. The van der Waals surface area contributed by atoms with Crippen molar-refractivity contribution in [3.63, 3.8) is 0 Å². The summed E-state index contributed by atoms with van der Waals surface area (Å²) in [6.45, 7) is 5.47. The van der Waals surface area contributed by atoms with Crippen molar-refractivity contribution in [1.82, 2.24) is 25.2 Å². The maximum atomic E-state index is 12.4. The fourth-order valence-electron chi connectivity index (χ4n) is 3.51. The van der Waals surface area contributed by atoms with Crippen molar-refractivity contribution in [1.29, 1.82) is 0 Å². The third kappa shape index (κ3) is 2.49. The van der Waals surface area contributed by atoms with Crippen LogP contribution >= 0.6 is 0 Å². The van der Waals surface area contributed by atoms with E-state index >= 15 is 0 Å². The van der Waals surface area contributed by atoms with Gasteiger partial charge in [0.15, 0.2) is 0 Å². The summed E-state index contributed by atoms with van der Waals surface area (Å²) in [5, 5.41) is 11.4. The van der Waals surface area contributed by atoms with Crippen LogP contribution in [0.1, 0.15) is 26.2 Å². The average molecular weight is 263 g/mol. The van der Waals surface area contributed by atoms with Gasteiger partial charge in [-0.15, -0.1) is 0 Å². The van der Waals surface area contributed by atoms with Crippen molar-refractivity contribution in [2.45, 2.75) is 38.8 Å². The number of piperidine rings is 1. The Morgan fingerprint density at radius 2 is 2.05 bits per heavy atom. The van der Waals surface area contributed by atoms with Gasteiger partial charge < -0.3 is 10.2 Å². The van der Waals surface area contributed by atoms with Crippen LogP contribution in [0.3, 0.4) is 0 Å². The standard InChI is InChI=1S/C13H21N5O/c1-11-8-13(2-4-14-5-3-13)10-17(11)12(19)9-18-15-6-7-16-18/h6-7,11,14H,2-5,8-10H2,1H3. The first-order chi connectivity index (χ1) is 9.19. The maximum Gasteiger partial charge on any atom is 0.246 e. The molecule has 19 heavy (non-hydrogen) atoms. The van der Waals surface area contributed by atoms with Crippen LogP contribution in [0.5, 0.6) is 0 Å². The predicted molar refractivity (Wildman–Crippen MR) is 70.4 cm³/mol. The number of nitrogens with zero attached hydrogens (tertiary/aromatic N) is 4. The van der Waals surface area contributed by atoms with Crippen LogP contribution in [-0.2, 0) is 11.3 Å². The second-order valence-electron chi connectivity index (χ2n) is 5.88. The van der Waals surface area contributed by atoms with Crippen LogP contribution in [0.25, 0.3) is 0 Å². The van der Waals surface area contributed by atoms with Gasteiger partial charge in [0.05, 0.1) is 12.4 Å². The molecular formula is C13H21N5O. The van der Waals surface area contributed by atoms with E-state index in [1.54, 1.807) is 12.4 Å². The first kappa shape index (κ1) is 12.6. The molecule has 6 heteroatoms. The van der Waals surface area contributed by atoms with E-state index in [1.807, 2.05) is 4.90 Å². The summed E-state index contributed by atoms with van der Waals surface area (Å²) in [7, 11) is 0. The summed E-state index contributed by atoms with van der Waals surface area (Å²) >= 11 is 0. The maximum absolute atomic E-state index is 12.4. The third-order valence-electron chi connectivity index (χ3n) is 4.49. The molecule has 6 nitrogen and oxygen atoms in total. The van der Waals surface area contributed by atoms with Crippen LogP contribution in [0, 0.1) is 5.41 Å². The minimum Gasteiger partial charge on any atom is -0.338 e. The minimum atomic E-state index is 0.138. The van der Waals surface area contributed by atoms with E-state index in [-0.39, 0.29) is 12.5 Å². The number of hydrogen-bond acceptors (Lipinski definition) is 4. The van der Waals surface area contributed by atoms with Gasteiger partial charge in [-0.3, -0.25) is 4.79 Å². The van der Waals surface area contributed by atoms with Crippen LogP contribution in [-0.4, -0.2) is 51.5 Å². The van der Waals surface area contributed by atoms with Crippen LogP contribution in [0.2, 0.25) is 0 Å². The van der Waals surface area contributed by atoms with Crippen molar-refractivity contribution in [2.24, 2.45) is 5.41 Å². The average Bonchev–Trinajstić information content (AvgIpc) is 2.99. The van der Waals surface area contributed by atoms with Gasteiger partial charge in [0.25, 0.3) is 0 Å². The Bertz CT molecular complexity index is 438. The Morgan fingerprint density at radius 3 is 2.74 bits per heavy atom. The molecule has 0 aliphatic carbocycles. The molecule has 1 N–H and O–H groups in total. The molecule has 2 fully saturated rings. The molecule has 0 radical (unpaired) electrons. The first-order valence-corrected chi connectivity index (χ1v) is 7.03. The Morgan fingerprint density at radius 1 is 1.37 bits per heavy atom. The summed E-state index contributed by atoms with van der Waals surface area (Å²) in [4.78, 5) is 15.8.